The highest BCUT2D eigenvalue weighted by Crippen LogP contribution is 2.31. The molecule has 1 heterocycles. The molecule has 3 nitrogen and oxygen atoms in total. The summed E-state index contributed by atoms with van der Waals surface area (Å²) >= 11 is 1.39. The molecule has 0 radical (unpaired) electrons. The van der Waals surface area contributed by atoms with Crippen LogP contribution in [0.4, 0.5) is 4.39 Å². The van der Waals surface area contributed by atoms with Gasteiger partial charge >= 0.3 is 5.97 Å². The Morgan fingerprint density at radius 1 is 1.45 bits per heavy atom. The van der Waals surface area contributed by atoms with Gasteiger partial charge in [0.1, 0.15) is 16.2 Å². The Morgan fingerprint density at radius 3 is 2.85 bits per heavy atom. The molecule has 106 valence electrons. The van der Waals surface area contributed by atoms with Crippen LogP contribution in [-0.2, 0) is 14.9 Å². The molecule has 0 amide bonds. The Hall–Kier alpha value is -1.75. The smallest absolute Gasteiger partial charge is 0.317 e. The van der Waals surface area contributed by atoms with Crippen molar-refractivity contribution in [3.05, 3.63) is 41.2 Å². The predicted molar refractivity (Wildman–Crippen MR) is 77.2 cm³/mol. The van der Waals surface area contributed by atoms with Crippen molar-refractivity contribution in [1.29, 1.82) is 0 Å². The number of thiazole rings is 1. The molecule has 2 aromatic rings. The van der Waals surface area contributed by atoms with Gasteiger partial charge in [0.25, 0.3) is 0 Å². The summed E-state index contributed by atoms with van der Waals surface area (Å²) in [5.41, 5.74) is 0.541. The van der Waals surface area contributed by atoms with Crippen LogP contribution in [0.3, 0.4) is 0 Å². The van der Waals surface area contributed by atoms with E-state index in [0.29, 0.717) is 22.9 Å². The Labute approximate surface area is 121 Å². The van der Waals surface area contributed by atoms with Gasteiger partial charge in [-0.15, -0.1) is 11.3 Å². The van der Waals surface area contributed by atoms with E-state index in [2.05, 4.69) is 4.98 Å². The van der Waals surface area contributed by atoms with Crippen LogP contribution < -0.4 is 0 Å². The van der Waals surface area contributed by atoms with Gasteiger partial charge in [-0.05, 0) is 32.9 Å². The molecule has 0 atom stereocenters. The van der Waals surface area contributed by atoms with E-state index >= 15 is 0 Å². The highest BCUT2D eigenvalue weighted by atomic mass is 32.1. The number of halogens is 1. The van der Waals surface area contributed by atoms with E-state index in [4.69, 9.17) is 4.74 Å². The average molecular weight is 293 g/mol. The van der Waals surface area contributed by atoms with Crippen molar-refractivity contribution < 1.29 is 13.9 Å². The molecule has 0 aliphatic heterocycles. The number of carbonyl (C=O) groups excluding carboxylic acids is 1. The summed E-state index contributed by atoms with van der Waals surface area (Å²) in [5.74, 6) is -0.611. The molecule has 1 aromatic heterocycles. The van der Waals surface area contributed by atoms with Gasteiger partial charge in [-0.1, -0.05) is 12.1 Å². The third-order valence-electron chi connectivity index (χ3n) is 3.00. The normalized spacial score (nSPS) is 11.4. The van der Waals surface area contributed by atoms with Crippen molar-refractivity contribution in [2.75, 3.05) is 6.61 Å². The van der Waals surface area contributed by atoms with Crippen LogP contribution in [0.15, 0.2) is 29.6 Å². The van der Waals surface area contributed by atoms with E-state index in [1.54, 1.807) is 32.9 Å². The Balaban J connectivity index is 2.31. The van der Waals surface area contributed by atoms with Crippen LogP contribution in [0.1, 0.15) is 26.5 Å². The maximum atomic E-state index is 13.2. The van der Waals surface area contributed by atoms with Crippen molar-refractivity contribution in [2.45, 2.75) is 26.2 Å². The first-order valence-corrected chi connectivity index (χ1v) is 7.22. The molecule has 0 bridgehead atoms. The van der Waals surface area contributed by atoms with Gasteiger partial charge in [0, 0.05) is 10.9 Å². The Morgan fingerprint density at radius 2 is 2.20 bits per heavy atom. The first-order chi connectivity index (χ1) is 9.45. The van der Waals surface area contributed by atoms with Crippen molar-refractivity contribution in [1.82, 2.24) is 4.98 Å². The molecule has 0 saturated carbocycles. The van der Waals surface area contributed by atoms with Gasteiger partial charge < -0.3 is 4.74 Å². The van der Waals surface area contributed by atoms with Crippen molar-refractivity contribution >= 4 is 17.3 Å². The number of hydrogen-bond donors (Lipinski definition) is 0. The highest BCUT2D eigenvalue weighted by Gasteiger charge is 2.33. The molecule has 0 N–H and O–H groups in total. The van der Waals surface area contributed by atoms with Gasteiger partial charge in [-0.25, -0.2) is 9.37 Å². The third kappa shape index (κ3) is 2.88. The Bertz CT molecular complexity index is 622. The number of ether oxygens (including phenoxy) is 1. The number of aromatic nitrogens is 1. The van der Waals surface area contributed by atoms with Crippen LogP contribution in [0.25, 0.3) is 10.6 Å². The first kappa shape index (κ1) is 14.7. The number of hydrogen-bond acceptors (Lipinski definition) is 4. The fraction of sp³-hybridized carbons (Fsp3) is 0.333. The second-order valence-corrected chi connectivity index (χ2v) is 5.75. The molecule has 20 heavy (non-hydrogen) atoms. The van der Waals surface area contributed by atoms with Crippen LogP contribution in [0.5, 0.6) is 0 Å². The largest absolute Gasteiger partial charge is 0.465 e. The van der Waals surface area contributed by atoms with E-state index in [1.807, 2.05) is 5.38 Å². The molecule has 5 heteroatoms. The lowest BCUT2D eigenvalue weighted by Crippen LogP contribution is -2.31. The van der Waals surface area contributed by atoms with Crippen LogP contribution >= 0.6 is 11.3 Å². The minimum absolute atomic E-state index is 0.302. The lowest BCUT2D eigenvalue weighted by molar-refractivity contribution is -0.148. The minimum Gasteiger partial charge on any atom is -0.465 e. The fourth-order valence-corrected chi connectivity index (χ4v) is 2.72. The second-order valence-electron chi connectivity index (χ2n) is 4.89. The topological polar surface area (TPSA) is 39.2 Å². The van der Waals surface area contributed by atoms with E-state index in [1.165, 1.54) is 23.5 Å². The highest BCUT2D eigenvalue weighted by molar-refractivity contribution is 7.13. The molecule has 0 fully saturated rings. The number of benzene rings is 1. The fourth-order valence-electron chi connectivity index (χ4n) is 1.73. The van der Waals surface area contributed by atoms with Crippen LogP contribution in [-0.4, -0.2) is 17.6 Å². The number of rotatable bonds is 4. The monoisotopic (exact) mass is 293 g/mol. The quantitative estimate of drug-likeness (QED) is 0.805. The minimum atomic E-state index is -0.807. The summed E-state index contributed by atoms with van der Waals surface area (Å²) in [5, 5.41) is 2.51. The first-order valence-electron chi connectivity index (χ1n) is 6.34. The molecular formula is C15H16FNO2S. The van der Waals surface area contributed by atoms with Crippen molar-refractivity contribution in [3.63, 3.8) is 0 Å². The van der Waals surface area contributed by atoms with Gasteiger partial charge in [0.05, 0.1) is 12.3 Å². The van der Waals surface area contributed by atoms with Gasteiger partial charge in [0.2, 0.25) is 0 Å². The lowest BCUT2D eigenvalue weighted by atomic mass is 9.90. The molecular weight excluding hydrogens is 277 g/mol. The maximum Gasteiger partial charge on any atom is 0.317 e. The summed E-state index contributed by atoms with van der Waals surface area (Å²) in [4.78, 5) is 16.4. The average Bonchev–Trinajstić information content (AvgIpc) is 2.89. The molecule has 2 rings (SSSR count). The van der Waals surface area contributed by atoms with Gasteiger partial charge in [0.15, 0.2) is 0 Å². The van der Waals surface area contributed by atoms with Gasteiger partial charge in [-0.2, -0.15) is 0 Å². The molecule has 0 aliphatic rings. The van der Waals surface area contributed by atoms with Crippen molar-refractivity contribution in [2.24, 2.45) is 0 Å². The Kier molecular flexibility index (Phi) is 4.18. The summed E-state index contributed by atoms with van der Waals surface area (Å²) in [6.07, 6.45) is 0. The van der Waals surface area contributed by atoms with Crippen LogP contribution in [0, 0.1) is 5.82 Å². The van der Waals surface area contributed by atoms with E-state index < -0.39 is 5.41 Å². The van der Waals surface area contributed by atoms with E-state index in [-0.39, 0.29) is 11.8 Å². The maximum absolute atomic E-state index is 13.2. The summed E-state index contributed by atoms with van der Waals surface area (Å²) in [7, 11) is 0. The zero-order chi connectivity index (χ0) is 14.8. The third-order valence-corrected chi connectivity index (χ3v) is 3.89. The predicted octanol–water partition coefficient (Wildman–Crippen LogP) is 3.79. The summed E-state index contributed by atoms with van der Waals surface area (Å²) < 4.78 is 18.3. The zero-order valence-electron chi connectivity index (χ0n) is 11.6. The molecule has 0 saturated heterocycles. The lowest BCUT2D eigenvalue weighted by Gasteiger charge is -2.19. The van der Waals surface area contributed by atoms with E-state index in [0.717, 1.165) is 0 Å². The molecule has 0 aliphatic carbocycles. The zero-order valence-corrected chi connectivity index (χ0v) is 12.5. The number of carbonyl (C=O) groups is 1. The summed E-state index contributed by atoms with van der Waals surface area (Å²) in [6.45, 7) is 5.65. The standard InChI is InChI=1S/C15H16FNO2S/c1-4-19-14(18)15(2,3)12-9-20-13(17-12)10-6-5-7-11(16)8-10/h5-9H,4H2,1-3H3. The molecule has 0 unspecified atom stereocenters. The van der Waals surface area contributed by atoms with Crippen molar-refractivity contribution in [3.8, 4) is 10.6 Å². The SMILES string of the molecule is CCOC(=O)C(C)(C)c1csc(-c2cccc(F)c2)n1. The van der Waals surface area contributed by atoms with E-state index in [9.17, 15) is 9.18 Å². The number of nitrogens with zero attached hydrogens (tertiary/aromatic N) is 1. The second kappa shape index (κ2) is 5.71. The number of esters is 1. The van der Waals surface area contributed by atoms with Gasteiger partial charge in [-0.3, -0.25) is 4.79 Å². The summed E-state index contributed by atoms with van der Waals surface area (Å²) in [6, 6.07) is 6.26. The van der Waals surface area contributed by atoms with Crippen LogP contribution in [0.2, 0.25) is 0 Å². The molecule has 1 aromatic carbocycles. The molecule has 0 spiro atoms.